The first-order valence-corrected chi connectivity index (χ1v) is 12.0. The lowest BCUT2D eigenvalue weighted by Crippen LogP contribution is -2.30. The highest BCUT2D eigenvalue weighted by molar-refractivity contribution is 7.80. The molecule has 1 aliphatic heterocycles. The molecule has 3 heterocycles. The lowest BCUT2D eigenvalue weighted by Gasteiger charge is -2.29. The Kier molecular flexibility index (Phi) is 6.28. The molecule has 0 radical (unpaired) electrons. The Morgan fingerprint density at radius 2 is 1.83 bits per heavy atom. The van der Waals surface area contributed by atoms with Crippen LogP contribution in [0.15, 0.2) is 85.2 Å². The predicted molar refractivity (Wildman–Crippen MR) is 144 cm³/mol. The zero-order valence-corrected chi connectivity index (χ0v) is 20.8. The van der Waals surface area contributed by atoms with Gasteiger partial charge in [0.1, 0.15) is 6.04 Å². The number of carbonyl (C=O) groups excluding carboxylic acids is 1. The average Bonchev–Trinajstić information content (AvgIpc) is 3.46. The molecule has 4 aromatic rings. The Morgan fingerprint density at radius 1 is 1.06 bits per heavy atom. The van der Waals surface area contributed by atoms with E-state index in [-0.39, 0.29) is 18.0 Å². The van der Waals surface area contributed by atoms with E-state index in [1.54, 1.807) is 6.20 Å². The molecule has 0 aliphatic carbocycles. The van der Waals surface area contributed by atoms with E-state index < -0.39 is 0 Å². The van der Waals surface area contributed by atoms with Gasteiger partial charge in [0.2, 0.25) is 5.91 Å². The quantitative estimate of drug-likeness (QED) is 0.330. The third kappa shape index (κ3) is 4.52. The number of amides is 1. The first-order chi connectivity index (χ1) is 16.9. The standard InChI is InChI=1S/C27H24ClN5OS/c1-17-16-21(12-13-22(17)28)32-15-5-7-24(32)26-25(23-6-3-4-14-29-23)31-27(35)33(26)20-10-8-19(9-11-20)30-18(2)34/h3-16,25-26H,1-2H3,(H,30,34)(H,31,35)/t25-,26-/m1/s1. The average molecular weight is 502 g/mol. The van der Waals surface area contributed by atoms with Crippen LogP contribution >= 0.6 is 23.8 Å². The lowest BCUT2D eigenvalue weighted by atomic mass is 10.0. The van der Waals surface area contributed by atoms with Crippen molar-refractivity contribution in [3.8, 4) is 5.69 Å². The molecule has 6 nitrogen and oxygen atoms in total. The van der Waals surface area contributed by atoms with E-state index in [0.717, 1.165) is 39.0 Å². The van der Waals surface area contributed by atoms with Gasteiger partial charge in [-0.1, -0.05) is 17.7 Å². The minimum Gasteiger partial charge on any atom is -0.351 e. The van der Waals surface area contributed by atoms with Gasteiger partial charge in [-0.2, -0.15) is 0 Å². The van der Waals surface area contributed by atoms with Gasteiger partial charge in [-0.3, -0.25) is 9.78 Å². The van der Waals surface area contributed by atoms with Crippen LogP contribution in [-0.2, 0) is 4.79 Å². The minimum atomic E-state index is -0.171. The summed E-state index contributed by atoms with van der Waals surface area (Å²) in [4.78, 5) is 18.2. The number of anilines is 2. The third-order valence-corrected chi connectivity index (χ3v) is 6.81. The monoisotopic (exact) mass is 501 g/mol. The van der Waals surface area contributed by atoms with Crippen LogP contribution in [0, 0.1) is 6.92 Å². The highest BCUT2D eigenvalue weighted by Crippen LogP contribution is 2.42. The van der Waals surface area contributed by atoms with Crippen molar-refractivity contribution in [1.29, 1.82) is 0 Å². The van der Waals surface area contributed by atoms with E-state index in [9.17, 15) is 4.79 Å². The molecule has 2 aromatic heterocycles. The minimum absolute atomic E-state index is 0.111. The number of thiocarbonyl (C=S) groups is 1. The van der Waals surface area contributed by atoms with Crippen LogP contribution in [0.3, 0.4) is 0 Å². The summed E-state index contributed by atoms with van der Waals surface area (Å²) in [6.07, 6.45) is 3.84. The van der Waals surface area contributed by atoms with Gasteiger partial charge in [0.15, 0.2) is 5.11 Å². The number of aromatic nitrogens is 2. The molecule has 2 aromatic carbocycles. The molecule has 5 rings (SSSR count). The largest absolute Gasteiger partial charge is 0.351 e. The molecular formula is C27H24ClN5OS. The van der Waals surface area contributed by atoms with Crippen molar-refractivity contribution in [1.82, 2.24) is 14.9 Å². The summed E-state index contributed by atoms with van der Waals surface area (Å²) < 4.78 is 2.16. The summed E-state index contributed by atoms with van der Waals surface area (Å²) in [6, 6.07) is 23.4. The van der Waals surface area contributed by atoms with Crippen molar-refractivity contribution in [3.63, 3.8) is 0 Å². The molecule has 1 fully saturated rings. The number of nitrogens with zero attached hydrogens (tertiary/aromatic N) is 3. The van der Waals surface area contributed by atoms with Gasteiger partial charge in [0, 0.05) is 47.1 Å². The second-order valence-corrected chi connectivity index (χ2v) is 9.26. The molecule has 8 heteroatoms. The Hall–Kier alpha value is -3.68. The van der Waals surface area contributed by atoms with Crippen LogP contribution in [0.25, 0.3) is 5.69 Å². The van der Waals surface area contributed by atoms with Gasteiger partial charge in [0.25, 0.3) is 0 Å². The Bertz CT molecular complexity index is 1390. The summed E-state index contributed by atoms with van der Waals surface area (Å²) in [5, 5.41) is 7.65. The highest BCUT2D eigenvalue weighted by Gasteiger charge is 2.42. The van der Waals surface area contributed by atoms with Crippen molar-refractivity contribution in [2.45, 2.75) is 25.9 Å². The highest BCUT2D eigenvalue weighted by atomic mass is 35.5. The second-order valence-electron chi connectivity index (χ2n) is 8.46. The summed E-state index contributed by atoms with van der Waals surface area (Å²) in [6.45, 7) is 3.49. The van der Waals surface area contributed by atoms with E-state index in [2.05, 4.69) is 37.2 Å². The smallest absolute Gasteiger partial charge is 0.221 e. The van der Waals surface area contributed by atoms with Crippen molar-refractivity contribution in [2.24, 2.45) is 0 Å². The van der Waals surface area contributed by atoms with Gasteiger partial charge in [-0.15, -0.1) is 0 Å². The first kappa shape index (κ1) is 23.1. The van der Waals surface area contributed by atoms with E-state index in [1.165, 1.54) is 6.92 Å². The first-order valence-electron chi connectivity index (χ1n) is 11.2. The maximum absolute atomic E-state index is 11.5. The molecule has 1 aliphatic rings. The Balaban J connectivity index is 1.62. The summed E-state index contributed by atoms with van der Waals surface area (Å²) in [5.41, 5.74) is 5.64. The number of nitrogens with one attached hydrogen (secondary N) is 2. The van der Waals surface area contributed by atoms with Crippen LogP contribution in [0.5, 0.6) is 0 Å². The van der Waals surface area contributed by atoms with Crippen LogP contribution in [0.2, 0.25) is 5.02 Å². The molecule has 0 spiro atoms. The SMILES string of the molecule is CC(=O)Nc1ccc(N2C(=S)N[C@H](c3ccccn3)[C@H]2c2cccn2-c2ccc(Cl)c(C)c2)cc1. The van der Waals surface area contributed by atoms with Gasteiger partial charge < -0.3 is 20.1 Å². The zero-order chi connectivity index (χ0) is 24.5. The molecule has 0 unspecified atom stereocenters. The van der Waals surface area contributed by atoms with E-state index >= 15 is 0 Å². The van der Waals surface area contributed by atoms with Crippen LogP contribution in [0.1, 0.15) is 36.0 Å². The molecule has 1 saturated heterocycles. The summed E-state index contributed by atoms with van der Waals surface area (Å²) in [5.74, 6) is -0.111. The maximum Gasteiger partial charge on any atom is 0.221 e. The zero-order valence-electron chi connectivity index (χ0n) is 19.3. The molecule has 35 heavy (non-hydrogen) atoms. The van der Waals surface area contributed by atoms with E-state index in [1.807, 2.05) is 73.8 Å². The Morgan fingerprint density at radius 3 is 2.51 bits per heavy atom. The van der Waals surface area contributed by atoms with E-state index in [4.69, 9.17) is 23.8 Å². The van der Waals surface area contributed by atoms with Crippen molar-refractivity contribution < 1.29 is 4.79 Å². The number of halogens is 1. The molecule has 176 valence electrons. The van der Waals surface area contributed by atoms with Gasteiger partial charge >= 0.3 is 0 Å². The summed E-state index contributed by atoms with van der Waals surface area (Å²) in [7, 11) is 0. The second kappa shape index (κ2) is 9.52. The fourth-order valence-corrected chi connectivity index (χ4v) is 4.95. The number of carbonyl (C=O) groups is 1. The Labute approximate surface area is 214 Å². The van der Waals surface area contributed by atoms with Gasteiger partial charge in [-0.25, -0.2) is 0 Å². The number of hydrogen-bond donors (Lipinski definition) is 2. The van der Waals surface area contributed by atoms with Crippen molar-refractivity contribution in [3.05, 3.63) is 107 Å². The number of benzene rings is 2. The van der Waals surface area contributed by atoms with Crippen LogP contribution in [0.4, 0.5) is 11.4 Å². The van der Waals surface area contributed by atoms with Gasteiger partial charge in [0.05, 0.1) is 11.7 Å². The van der Waals surface area contributed by atoms with Crippen molar-refractivity contribution >= 4 is 46.2 Å². The maximum atomic E-state index is 11.5. The van der Waals surface area contributed by atoms with Crippen LogP contribution in [-0.4, -0.2) is 20.6 Å². The predicted octanol–water partition coefficient (Wildman–Crippen LogP) is 5.97. The van der Waals surface area contributed by atoms with Gasteiger partial charge in [-0.05, 0) is 91.4 Å². The lowest BCUT2D eigenvalue weighted by molar-refractivity contribution is -0.114. The molecule has 2 N–H and O–H groups in total. The topological polar surface area (TPSA) is 62.2 Å². The fourth-order valence-electron chi connectivity index (χ4n) is 4.49. The molecule has 0 saturated carbocycles. The molecule has 1 amide bonds. The molecule has 0 bridgehead atoms. The van der Waals surface area contributed by atoms with Crippen LogP contribution < -0.4 is 15.5 Å². The number of pyridine rings is 1. The third-order valence-electron chi connectivity index (χ3n) is 6.07. The van der Waals surface area contributed by atoms with E-state index in [0.29, 0.717) is 5.11 Å². The number of aryl methyl sites for hydroxylation is 1. The number of hydrogen-bond acceptors (Lipinski definition) is 3. The number of rotatable bonds is 5. The molecule has 2 atom stereocenters. The van der Waals surface area contributed by atoms with Crippen molar-refractivity contribution in [2.75, 3.05) is 10.2 Å². The normalized spacial score (nSPS) is 17.3. The fraction of sp³-hybridized carbons (Fsp3) is 0.148. The molecular weight excluding hydrogens is 478 g/mol. The summed E-state index contributed by atoms with van der Waals surface area (Å²) >= 11 is 12.1.